The van der Waals surface area contributed by atoms with E-state index in [1.165, 1.54) is 47.7 Å². The van der Waals surface area contributed by atoms with Gasteiger partial charge in [0.2, 0.25) is 0 Å². The van der Waals surface area contributed by atoms with Crippen LogP contribution in [0, 0.1) is 0 Å². The first kappa shape index (κ1) is 28.6. The van der Waals surface area contributed by atoms with E-state index in [0.717, 1.165) is 27.8 Å². The number of para-hydroxylation sites is 2. The topological polar surface area (TPSA) is 43.6 Å². The minimum atomic E-state index is 0.649. The largest absolute Gasteiger partial charge is 0.308 e. The van der Waals surface area contributed by atoms with Gasteiger partial charge in [-0.3, -0.25) is 0 Å². The second-order valence-corrected chi connectivity index (χ2v) is 13.5. The van der Waals surface area contributed by atoms with E-state index in [1.807, 2.05) is 35.6 Å². The fraction of sp³-hybridized carbons (Fsp3) is 0. The SMILES string of the molecule is c1ccc(-c2cccc(-c3nc(-c4ccccc4)nc(-c4ccc5sc6c(-n7c8ccccc8c8ccccc87)cccc6c5c4)n3)c2)cc1. The van der Waals surface area contributed by atoms with E-state index in [9.17, 15) is 0 Å². The maximum absolute atomic E-state index is 5.11. The Morgan fingerprint density at radius 3 is 1.58 bits per heavy atom. The van der Waals surface area contributed by atoms with Crippen molar-refractivity contribution in [3.05, 3.63) is 170 Å². The molecule has 0 amide bonds. The molecule has 0 aliphatic rings. The van der Waals surface area contributed by atoms with Gasteiger partial charge in [-0.25, -0.2) is 15.0 Å². The summed E-state index contributed by atoms with van der Waals surface area (Å²) in [4.78, 5) is 15.2. The van der Waals surface area contributed by atoms with Gasteiger partial charge >= 0.3 is 0 Å². The van der Waals surface area contributed by atoms with Crippen LogP contribution in [0.2, 0.25) is 0 Å². The minimum absolute atomic E-state index is 0.649. The number of hydrogen-bond donors (Lipinski definition) is 0. The van der Waals surface area contributed by atoms with Crippen LogP contribution in [0.5, 0.6) is 0 Å². The lowest BCUT2D eigenvalue weighted by atomic mass is 10.0. The Kier molecular flexibility index (Phi) is 6.64. The number of nitrogens with zero attached hydrogens (tertiary/aromatic N) is 4. The Labute approximate surface area is 292 Å². The highest BCUT2D eigenvalue weighted by Crippen LogP contribution is 2.42. The Morgan fingerprint density at radius 2 is 0.880 bits per heavy atom. The summed E-state index contributed by atoms with van der Waals surface area (Å²) in [7, 11) is 0. The van der Waals surface area contributed by atoms with Gasteiger partial charge in [0.1, 0.15) is 0 Å². The molecule has 0 spiro atoms. The normalized spacial score (nSPS) is 11.6. The zero-order valence-corrected chi connectivity index (χ0v) is 27.7. The van der Waals surface area contributed by atoms with Crippen LogP contribution in [-0.2, 0) is 0 Å². The fourth-order valence-corrected chi connectivity index (χ4v) is 8.29. The summed E-state index contributed by atoms with van der Waals surface area (Å²) in [6.45, 7) is 0. The lowest BCUT2D eigenvalue weighted by Crippen LogP contribution is -2.00. The zero-order valence-electron chi connectivity index (χ0n) is 26.9. The number of hydrogen-bond acceptors (Lipinski definition) is 4. The summed E-state index contributed by atoms with van der Waals surface area (Å²) in [6.07, 6.45) is 0. The van der Waals surface area contributed by atoms with Crippen LogP contribution in [0.25, 0.3) is 93.0 Å². The van der Waals surface area contributed by atoms with Crippen molar-refractivity contribution in [1.82, 2.24) is 19.5 Å². The first-order valence-corrected chi connectivity index (χ1v) is 17.5. The van der Waals surface area contributed by atoms with Gasteiger partial charge in [0.05, 0.1) is 21.4 Å². The molecule has 0 N–H and O–H groups in total. The van der Waals surface area contributed by atoms with Crippen molar-refractivity contribution in [3.63, 3.8) is 0 Å². The van der Waals surface area contributed by atoms with Crippen LogP contribution in [-0.4, -0.2) is 19.5 Å². The van der Waals surface area contributed by atoms with Gasteiger partial charge in [-0.15, -0.1) is 11.3 Å². The number of fused-ring (bicyclic) bond motifs is 6. The summed E-state index contributed by atoms with van der Waals surface area (Å²) in [5.41, 5.74) is 8.75. The Bertz CT molecular complexity index is 2820. The molecular formula is C45H28N4S. The third kappa shape index (κ3) is 4.71. The van der Waals surface area contributed by atoms with Crippen molar-refractivity contribution in [3.8, 4) is 51.0 Å². The summed E-state index contributed by atoms with van der Waals surface area (Å²) in [5.74, 6) is 1.95. The first-order valence-electron chi connectivity index (χ1n) is 16.7. The van der Waals surface area contributed by atoms with Gasteiger partial charge in [0.25, 0.3) is 0 Å². The molecule has 50 heavy (non-hydrogen) atoms. The molecule has 0 aliphatic carbocycles. The molecule has 5 heteroatoms. The van der Waals surface area contributed by atoms with Crippen molar-refractivity contribution in [2.45, 2.75) is 0 Å². The summed E-state index contributed by atoms with van der Waals surface area (Å²) in [5, 5.41) is 4.94. The minimum Gasteiger partial charge on any atom is -0.308 e. The molecule has 0 bridgehead atoms. The molecule has 7 aromatic carbocycles. The van der Waals surface area contributed by atoms with Crippen LogP contribution in [0.3, 0.4) is 0 Å². The van der Waals surface area contributed by atoms with Crippen LogP contribution >= 0.6 is 11.3 Å². The standard InChI is InChI=1S/C45H28N4S/c1-3-13-29(14-4-1)31-17-11-18-32(27-31)44-46-43(30-15-5-2-6-16-30)47-45(48-44)33-25-26-41-37(28-33)36-21-12-24-40(42(36)50-41)49-38-22-9-7-19-34(38)35-20-8-10-23-39(35)49/h1-28H. The summed E-state index contributed by atoms with van der Waals surface area (Å²) in [6, 6.07) is 59.6. The molecule has 0 saturated heterocycles. The van der Waals surface area contributed by atoms with Crippen LogP contribution in [0.4, 0.5) is 0 Å². The molecule has 0 saturated carbocycles. The van der Waals surface area contributed by atoms with Crippen LogP contribution in [0.1, 0.15) is 0 Å². The molecule has 0 radical (unpaired) electrons. The maximum Gasteiger partial charge on any atom is 0.164 e. The maximum atomic E-state index is 5.11. The van der Waals surface area contributed by atoms with Gasteiger partial charge in [-0.1, -0.05) is 127 Å². The monoisotopic (exact) mass is 656 g/mol. The molecule has 3 heterocycles. The first-order chi connectivity index (χ1) is 24.8. The number of rotatable bonds is 5. The highest BCUT2D eigenvalue weighted by Gasteiger charge is 2.18. The lowest BCUT2D eigenvalue weighted by molar-refractivity contribution is 1.07. The van der Waals surface area contributed by atoms with E-state index in [0.29, 0.717) is 17.5 Å². The summed E-state index contributed by atoms with van der Waals surface area (Å²) >= 11 is 1.83. The molecule has 0 atom stereocenters. The van der Waals surface area contributed by atoms with Gasteiger partial charge in [0, 0.05) is 42.9 Å². The van der Waals surface area contributed by atoms with Crippen molar-refractivity contribution >= 4 is 53.3 Å². The van der Waals surface area contributed by atoms with Crippen molar-refractivity contribution in [1.29, 1.82) is 0 Å². The lowest BCUT2D eigenvalue weighted by Gasteiger charge is -2.10. The molecule has 0 aliphatic heterocycles. The highest BCUT2D eigenvalue weighted by molar-refractivity contribution is 7.26. The second kappa shape index (κ2) is 11.6. The second-order valence-electron chi connectivity index (χ2n) is 12.5. The summed E-state index contributed by atoms with van der Waals surface area (Å²) < 4.78 is 4.90. The Balaban J connectivity index is 1.15. The van der Waals surface area contributed by atoms with E-state index in [1.54, 1.807) is 0 Å². The third-order valence-electron chi connectivity index (χ3n) is 9.45. The average molecular weight is 657 g/mol. The van der Waals surface area contributed by atoms with Crippen molar-refractivity contribution in [2.24, 2.45) is 0 Å². The Hall–Kier alpha value is -6.43. The molecule has 3 aromatic heterocycles. The van der Waals surface area contributed by atoms with Gasteiger partial charge in [0.15, 0.2) is 17.5 Å². The zero-order chi connectivity index (χ0) is 33.0. The average Bonchev–Trinajstić information content (AvgIpc) is 3.74. The van der Waals surface area contributed by atoms with E-state index in [4.69, 9.17) is 15.0 Å². The quantitative estimate of drug-likeness (QED) is 0.185. The fourth-order valence-electron chi connectivity index (χ4n) is 7.10. The number of benzene rings is 7. The molecule has 0 unspecified atom stereocenters. The smallest absolute Gasteiger partial charge is 0.164 e. The van der Waals surface area contributed by atoms with Crippen LogP contribution in [0.15, 0.2) is 170 Å². The van der Waals surface area contributed by atoms with Gasteiger partial charge in [-0.05, 0) is 53.6 Å². The predicted octanol–water partition coefficient (Wildman–Crippen LogP) is 12.0. The van der Waals surface area contributed by atoms with Crippen LogP contribution < -0.4 is 0 Å². The van der Waals surface area contributed by atoms with E-state index in [2.05, 4.69) is 150 Å². The molecule has 0 fully saturated rings. The molecule has 10 aromatic rings. The number of thiophene rings is 1. The number of aromatic nitrogens is 4. The van der Waals surface area contributed by atoms with E-state index < -0.39 is 0 Å². The van der Waals surface area contributed by atoms with E-state index in [-0.39, 0.29) is 0 Å². The molecule has 4 nitrogen and oxygen atoms in total. The highest BCUT2D eigenvalue weighted by atomic mass is 32.1. The third-order valence-corrected chi connectivity index (χ3v) is 10.7. The van der Waals surface area contributed by atoms with Gasteiger partial charge in [-0.2, -0.15) is 0 Å². The van der Waals surface area contributed by atoms with E-state index >= 15 is 0 Å². The Morgan fingerprint density at radius 1 is 0.360 bits per heavy atom. The van der Waals surface area contributed by atoms with Gasteiger partial charge < -0.3 is 4.57 Å². The molecular weight excluding hydrogens is 629 g/mol. The molecule has 234 valence electrons. The molecule has 10 rings (SSSR count). The van der Waals surface area contributed by atoms with Crippen molar-refractivity contribution in [2.75, 3.05) is 0 Å². The van der Waals surface area contributed by atoms with Crippen molar-refractivity contribution < 1.29 is 0 Å². The predicted molar refractivity (Wildman–Crippen MR) is 209 cm³/mol.